The Hall–Kier alpha value is -2.37. The van der Waals surface area contributed by atoms with E-state index in [2.05, 4.69) is 22.4 Å². The third-order valence-corrected chi connectivity index (χ3v) is 6.16. The number of carbonyl (C=O) groups is 1. The van der Waals surface area contributed by atoms with Crippen LogP contribution in [0, 0.1) is 0 Å². The van der Waals surface area contributed by atoms with Gasteiger partial charge >= 0.3 is 0 Å². The molecule has 0 atom stereocenters. The number of ether oxygens (including phenoxy) is 1. The van der Waals surface area contributed by atoms with Crippen molar-refractivity contribution in [3.05, 3.63) is 71.9 Å². The molecule has 1 N–H and O–H groups in total. The highest BCUT2D eigenvalue weighted by molar-refractivity contribution is 7.99. The molecule has 1 aliphatic heterocycles. The number of carbonyl (C=O) groups excluding carboxylic acids is 1. The van der Waals surface area contributed by atoms with Gasteiger partial charge in [-0.05, 0) is 42.7 Å². The summed E-state index contributed by atoms with van der Waals surface area (Å²) in [5, 5.41) is 4.65. The fraction of sp³-hybridized carbons (Fsp3) is 0.273. The van der Waals surface area contributed by atoms with Crippen LogP contribution in [0.3, 0.4) is 0 Å². The second-order valence-corrected chi connectivity index (χ2v) is 7.95. The summed E-state index contributed by atoms with van der Waals surface area (Å²) in [5.41, 5.74) is 3.36. The number of hydrogen-bond acceptors (Lipinski definition) is 4. The molecule has 2 aromatic carbocycles. The van der Waals surface area contributed by atoms with Crippen LogP contribution in [0.2, 0.25) is 0 Å². The zero-order chi connectivity index (χ0) is 18.5. The molecule has 0 saturated carbocycles. The third kappa shape index (κ3) is 4.49. The molecule has 2 heterocycles. The second kappa shape index (κ2) is 8.55. The van der Waals surface area contributed by atoms with Gasteiger partial charge in [-0.15, -0.1) is 0 Å². The van der Waals surface area contributed by atoms with Gasteiger partial charge in [-0.2, -0.15) is 11.8 Å². The number of aromatic nitrogens is 1. The van der Waals surface area contributed by atoms with E-state index in [9.17, 15) is 4.79 Å². The molecule has 4 nitrogen and oxygen atoms in total. The molecule has 1 fully saturated rings. The lowest BCUT2D eigenvalue weighted by molar-refractivity contribution is 0.1000. The highest BCUT2D eigenvalue weighted by Gasteiger charge is 2.15. The first-order chi connectivity index (χ1) is 13.3. The molecule has 1 saturated heterocycles. The molecule has 1 aromatic heterocycles. The Morgan fingerprint density at radius 2 is 1.93 bits per heavy atom. The Kier molecular flexibility index (Phi) is 5.70. The van der Waals surface area contributed by atoms with E-state index in [1.807, 2.05) is 54.2 Å². The zero-order valence-corrected chi connectivity index (χ0v) is 15.9. The molecule has 4 rings (SSSR count). The van der Waals surface area contributed by atoms with E-state index in [1.54, 1.807) is 6.20 Å². The van der Waals surface area contributed by atoms with Crippen molar-refractivity contribution in [2.45, 2.75) is 23.8 Å². The summed E-state index contributed by atoms with van der Waals surface area (Å²) in [6.45, 7) is 1.74. The highest BCUT2D eigenvalue weighted by atomic mass is 32.2. The van der Waals surface area contributed by atoms with E-state index in [4.69, 9.17) is 4.74 Å². The number of hydrogen-bond donors (Lipinski definition) is 1. The lowest BCUT2D eigenvalue weighted by Gasteiger charge is -2.21. The molecule has 0 aliphatic carbocycles. The van der Waals surface area contributed by atoms with Crippen LogP contribution in [-0.2, 0) is 10.5 Å². The van der Waals surface area contributed by atoms with Gasteiger partial charge in [0.1, 0.15) is 0 Å². The summed E-state index contributed by atoms with van der Waals surface area (Å²) in [6, 6.07) is 17.6. The van der Waals surface area contributed by atoms with Gasteiger partial charge in [-0.25, -0.2) is 0 Å². The Labute approximate surface area is 163 Å². The van der Waals surface area contributed by atoms with Crippen LogP contribution in [0.1, 0.15) is 28.8 Å². The maximum absolute atomic E-state index is 12.8. The molecule has 0 bridgehead atoms. The van der Waals surface area contributed by atoms with Crippen LogP contribution < -0.4 is 5.32 Å². The standard InChI is InChI=1S/C22H22N2O2S/c25-22(20-8-2-5-17-6-3-11-23-21(17)20)24-18-7-1-4-16(14-18)15-27-19-9-12-26-13-10-19/h1-8,11,14,19H,9-10,12-13,15H2,(H,24,25). The molecule has 0 radical (unpaired) electrons. The molecule has 27 heavy (non-hydrogen) atoms. The van der Waals surface area contributed by atoms with Gasteiger partial charge in [0, 0.05) is 41.5 Å². The van der Waals surface area contributed by atoms with Gasteiger partial charge in [-0.3, -0.25) is 9.78 Å². The van der Waals surface area contributed by atoms with Crippen molar-refractivity contribution >= 4 is 34.3 Å². The van der Waals surface area contributed by atoms with Crippen molar-refractivity contribution in [2.75, 3.05) is 18.5 Å². The van der Waals surface area contributed by atoms with Gasteiger partial charge in [0.25, 0.3) is 5.91 Å². The smallest absolute Gasteiger partial charge is 0.257 e. The number of para-hydroxylation sites is 1. The Morgan fingerprint density at radius 3 is 2.81 bits per heavy atom. The normalized spacial score (nSPS) is 15.0. The minimum atomic E-state index is -0.131. The quantitative estimate of drug-likeness (QED) is 0.686. The SMILES string of the molecule is O=C(Nc1cccc(CSC2CCOCC2)c1)c1cccc2cccnc12. The van der Waals surface area contributed by atoms with E-state index in [0.29, 0.717) is 10.8 Å². The van der Waals surface area contributed by atoms with Crippen LogP contribution in [0.5, 0.6) is 0 Å². The van der Waals surface area contributed by atoms with E-state index in [1.165, 1.54) is 5.56 Å². The first-order valence-electron chi connectivity index (χ1n) is 9.23. The Balaban J connectivity index is 1.45. The molecular weight excluding hydrogens is 356 g/mol. The summed E-state index contributed by atoms with van der Waals surface area (Å²) >= 11 is 1.97. The van der Waals surface area contributed by atoms with E-state index < -0.39 is 0 Å². The van der Waals surface area contributed by atoms with Crippen LogP contribution >= 0.6 is 11.8 Å². The Morgan fingerprint density at radius 1 is 1.11 bits per heavy atom. The van der Waals surface area contributed by atoms with Gasteiger partial charge < -0.3 is 10.1 Å². The topological polar surface area (TPSA) is 51.2 Å². The van der Waals surface area contributed by atoms with E-state index >= 15 is 0 Å². The highest BCUT2D eigenvalue weighted by Crippen LogP contribution is 2.26. The summed E-state index contributed by atoms with van der Waals surface area (Å²) < 4.78 is 5.42. The maximum atomic E-state index is 12.8. The number of thioether (sulfide) groups is 1. The summed E-state index contributed by atoms with van der Waals surface area (Å²) in [7, 11) is 0. The number of amides is 1. The third-order valence-electron chi connectivity index (χ3n) is 4.72. The average Bonchev–Trinajstić information content (AvgIpc) is 2.73. The Bertz CT molecular complexity index is 933. The first-order valence-corrected chi connectivity index (χ1v) is 10.3. The zero-order valence-electron chi connectivity index (χ0n) is 15.1. The fourth-order valence-corrected chi connectivity index (χ4v) is 4.41. The van der Waals surface area contributed by atoms with Crippen LogP contribution in [0.4, 0.5) is 5.69 Å². The molecular formula is C22H22N2O2S. The molecule has 1 aliphatic rings. The fourth-order valence-electron chi connectivity index (χ4n) is 3.28. The van der Waals surface area contributed by atoms with Crippen molar-refractivity contribution < 1.29 is 9.53 Å². The first kappa shape index (κ1) is 18.0. The van der Waals surface area contributed by atoms with Crippen molar-refractivity contribution in [3.63, 3.8) is 0 Å². The predicted molar refractivity (Wildman–Crippen MR) is 111 cm³/mol. The number of nitrogens with one attached hydrogen (secondary N) is 1. The van der Waals surface area contributed by atoms with Crippen molar-refractivity contribution in [3.8, 4) is 0 Å². The minimum absolute atomic E-state index is 0.131. The summed E-state index contributed by atoms with van der Waals surface area (Å²) in [6.07, 6.45) is 3.96. The van der Waals surface area contributed by atoms with Crippen molar-refractivity contribution in [1.82, 2.24) is 4.98 Å². The molecule has 5 heteroatoms. The minimum Gasteiger partial charge on any atom is -0.381 e. The lowest BCUT2D eigenvalue weighted by Crippen LogP contribution is -2.17. The summed E-state index contributed by atoms with van der Waals surface area (Å²) in [5.74, 6) is 0.818. The average molecular weight is 378 g/mol. The lowest BCUT2D eigenvalue weighted by atomic mass is 10.1. The molecule has 1 amide bonds. The van der Waals surface area contributed by atoms with Crippen molar-refractivity contribution in [1.29, 1.82) is 0 Å². The largest absolute Gasteiger partial charge is 0.381 e. The maximum Gasteiger partial charge on any atom is 0.257 e. The van der Waals surface area contributed by atoms with Gasteiger partial charge in [-0.1, -0.05) is 30.3 Å². The number of fused-ring (bicyclic) bond motifs is 1. The number of nitrogens with zero attached hydrogens (tertiary/aromatic N) is 1. The van der Waals surface area contributed by atoms with E-state index in [-0.39, 0.29) is 5.91 Å². The number of benzene rings is 2. The number of rotatable bonds is 5. The molecule has 0 unspecified atom stereocenters. The summed E-state index contributed by atoms with van der Waals surface area (Å²) in [4.78, 5) is 17.1. The van der Waals surface area contributed by atoms with Gasteiger partial charge in [0.05, 0.1) is 11.1 Å². The van der Waals surface area contributed by atoms with Gasteiger partial charge in [0.2, 0.25) is 0 Å². The predicted octanol–water partition coefficient (Wildman–Crippen LogP) is 4.90. The van der Waals surface area contributed by atoms with Crippen molar-refractivity contribution in [2.24, 2.45) is 0 Å². The second-order valence-electron chi connectivity index (χ2n) is 6.66. The van der Waals surface area contributed by atoms with E-state index in [0.717, 1.165) is 48.4 Å². The van der Waals surface area contributed by atoms with Crippen LogP contribution in [0.25, 0.3) is 10.9 Å². The number of pyridine rings is 1. The number of anilines is 1. The van der Waals surface area contributed by atoms with Crippen LogP contribution in [-0.4, -0.2) is 29.4 Å². The van der Waals surface area contributed by atoms with Crippen LogP contribution in [0.15, 0.2) is 60.8 Å². The molecule has 0 spiro atoms. The molecule has 3 aromatic rings. The van der Waals surface area contributed by atoms with Gasteiger partial charge in [0.15, 0.2) is 0 Å². The monoisotopic (exact) mass is 378 g/mol. The molecule has 138 valence electrons.